The molecule has 0 aliphatic heterocycles. The van der Waals surface area contributed by atoms with Crippen LogP contribution in [0, 0.1) is 0 Å². The molecule has 3 saturated carbocycles. The summed E-state index contributed by atoms with van der Waals surface area (Å²) in [6, 6.07) is 2.00. The van der Waals surface area contributed by atoms with Gasteiger partial charge in [-0.3, -0.25) is 0 Å². The molecule has 0 bridgehead atoms. The molecule has 3 aliphatic rings. The quantitative estimate of drug-likeness (QED) is 0.577. The van der Waals surface area contributed by atoms with Crippen molar-refractivity contribution in [2.24, 2.45) is 0 Å². The van der Waals surface area contributed by atoms with E-state index in [1.165, 1.54) is 96.3 Å². The average Bonchev–Trinajstić information content (AvgIpc) is 2.57. The Morgan fingerprint density at radius 1 is 0.478 bits per heavy atom. The van der Waals surface area contributed by atoms with Gasteiger partial charge < -0.3 is 0 Å². The van der Waals surface area contributed by atoms with E-state index in [0.29, 0.717) is 18.1 Å². The van der Waals surface area contributed by atoms with E-state index in [-0.39, 0.29) is 0 Å². The molecule has 23 heavy (non-hydrogen) atoms. The fourth-order valence-corrected chi connectivity index (χ4v) is 12.2. The molecule has 0 heterocycles. The maximum absolute atomic E-state index is 6.28. The van der Waals surface area contributed by atoms with Crippen molar-refractivity contribution in [1.82, 2.24) is 12.7 Å². The molecule has 0 saturated heterocycles. The summed E-state index contributed by atoms with van der Waals surface area (Å²) in [5.74, 6) is 0. The fraction of sp³-hybridized carbons (Fsp3) is 1.00. The van der Waals surface area contributed by atoms with Gasteiger partial charge in [-0.2, -0.15) is 0 Å². The molecule has 0 amide bonds. The summed E-state index contributed by atoms with van der Waals surface area (Å²) in [4.78, 5) is 0. The van der Waals surface area contributed by atoms with Crippen molar-refractivity contribution in [1.29, 1.82) is 0 Å². The first-order valence-electron chi connectivity index (χ1n) is 10.2. The van der Waals surface area contributed by atoms with Crippen molar-refractivity contribution in [3.63, 3.8) is 0 Å². The Morgan fingerprint density at radius 3 is 1.00 bits per heavy atom. The minimum absolute atomic E-state index is 0.668. The molecular weight excluding hydrogens is 365 g/mol. The molecule has 0 aromatic rings. The van der Waals surface area contributed by atoms with E-state index < -0.39 is 12.6 Å². The normalized spacial score (nSPS) is 26.4. The summed E-state index contributed by atoms with van der Waals surface area (Å²) < 4.78 is 12.0. The van der Waals surface area contributed by atoms with E-state index in [0.717, 1.165) is 0 Å². The van der Waals surface area contributed by atoms with Crippen LogP contribution in [-0.4, -0.2) is 30.7 Å². The second-order valence-electron chi connectivity index (χ2n) is 8.00. The molecule has 3 rings (SSSR count). The molecule has 0 aromatic carbocycles. The van der Waals surface area contributed by atoms with Gasteiger partial charge in [0.1, 0.15) is 0 Å². The maximum atomic E-state index is 6.28. The molecule has 134 valence electrons. The van der Waals surface area contributed by atoms with Crippen LogP contribution in [0.5, 0.6) is 0 Å². The van der Waals surface area contributed by atoms with Crippen LogP contribution in [-0.2, 0) is 0 Å². The van der Waals surface area contributed by atoms with Crippen molar-refractivity contribution < 1.29 is 0 Å². The summed E-state index contributed by atoms with van der Waals surface area (Å²) in [7, 11) is 6.28. The molecule has 0 aromatic heterocycles. The monoisotopic (exact) mass is 401 g/mol. The Bertz CT molecular complexity index is 329. The number of rotatable bonds is 6. The average molecular weight is 401 g/mol. The summed E-state index contributed by atoms with van der Waals surface area (Å²) >= 11 is -2.58. The Labute approximate surface area is 150 Å². The van der Waals surface area contributed by atoms with Crippen LogP contribution in [0.3, 0.4) is 0 Å². The van der Waals surface area contributed by atoms with Gasteiger partial charge in [0.05, 0.1) is 0 Å². The van der Waals surface area contributed by atoms with Crippen molar-refractivity contribution in [2.75, 3.05) is 0 Å². The summed E-state index contributed by atoms with van der Waals surface area (Å²) in [6.07, 6.45) is 20.5. The Kier molecular flexibility index (Phi) is 7.53. The molecule has 0 spiro atoms. The van der Waals surface area contributed by atoms with Crippen molar-refractivity contribution in [3.8, 4) is 0 Å². The van der Waals surface area contributed by atoms with Crippen LogP contribution >= 0.6 is 10.4 Å². The molecule has 0 atom stereocenters. The third kappa shape index (κ3) is 6.15. The van der Waals surface area contributed by atoms with Gasteiger partial charge in [0.25, 0.3) is 0 Å². The zero-order valence-corrected chi connectivity index (χ0v) is 17.4. The van der Waals surface area contributed by atoms with Gasteiger partial charge in [-0.1, -0.05) is 0 Å². The first kappa shape index (κ1) is 18.4. The number of nitrogens with one attached hydrogen (secondary N) is 3. The van der Waals surface area contributed by atoms with E-state index in [1.54, 1.807) is 0 Å². The fourth-order valence-electron chi connectivity index (χ4n) is 4.58. The molecule has 0 unspecified atom stereocenters. The third-order valence-electron chi connectivity index (χ3n) is 5.91. The predicted octanol–water partition coefficient (Wildman–Crippen LogP) is 4.39. The van der Waals surface area contributed by atoms with E-state index in [9.17, 15) is 0 Å². The van der Waals surface area contributed by atoms with Crippen LogP contribution in [0.2, 0.25) is 0 Å². The van der Waals surface area contributed by atoms with Crippen LogP contribution < -0.4 is 12.7 Å². The molecule has 3 nitrogen and oxygen atoms in total. The van der Waals surface area contributed by atoms with Gasteiger partial charge in [0, 0.05) is 0 Å². The van der Waals surface area contributed by atoms with Crippen LogP contribution in [0.1, 0.15) is 96.3 Å². The molecule has 3 N–H and O–H groups in total. The van der Waals surface area contributed by atoms with Crippen LogP contribution in [0.25, 0.3) is 0 Å². The third-order valence-corrected chi connectivity index (χ3v) is 12.1. The SMILES string of the molecule is S=[As](NC1CCCCC1)(NC1CCCCC1)NC1CCCCC1. The van der Waals surface area contributed by atoms with Gasteiger partial charge in [-0.15, -0.1) is 0 Å². The zero-order chi connectivity index (χ0) is 16.0. The zero-order valence-electron chi connectivity index (χ0n) is 14.7. The Hall–Kier alpha value is 0.658. The topological polar surface area (TPSA) is 36.1 Å². The summed E-state index contributed by atoms with van der Waals surface area (Å²) in [5, 5.41) is 0. The van der Waals surface area contributed by atoms with Gasteiger partial charge in [0.2, 0.25) is 0 Å². The summed E-state index contributed by atoms with van der Waals surface area (Å²) in [6.45, 7) is 0. The predicted molar refractivity (Wildman–Crippen MR) is 103 cm³/mol. The molecule has 5 heteroatoms. The van der Waals surface area contributed by atoms with Crippen LogP contribution in [0.15, 0.2) is 0 Å². The van der Waals surface area contributed by atoms with Gasteiger partial charge in [-0.05, 0) is 0 Å². The van der Waals surface area contributed by atoms with Crippen molar-refractivity contribution in [3.05, 3.63) is 0 Å². The van der Waals surface area contributed by atoms with Gasteiger partial charge in [0.15, 0.2) is 0 Å². The molecule has 3 aliphatic carbocycles. The second kappa shape index (κ2) is 9.38. The first-order chi connectivity index (χ1) is 11.2. The van der Waals surface area contributed by atoms with E-state index in [1.807, 2.05) is 0 Å². The summed E-state index contributed by atoms with van der Waals surface area (Å²) in [5.41, 5.74) is 0. The number of hydrogen-bond acceptors (Lipinski definition) is 1. The van der Waals surface area contributed by atoms with Crippen molar-refractivity contribution in [2.45, 2.75) is 114 Å². The van der Waals surface area contributed by atoms with Gasteiger partial charge in [-0.25, -0.2) is 0 Å². The molecule has 0 radical (unpaired) electrons. The van der Waals surface area contributed by atoms with Crippen LogP contribution in [0.4, 0.5) is 0 Å². The standard InChI is InChI=1S/C18H36AsN3S/c23-19(20-16-10-4-1-5-11-16,21-17-12-6-2-7-13-17)22-18-14-8-3-9-15-18/h16-18H,1-15H2,(H3,20,21,22,23). The van der Waals surface area contributed by atoms with Gasteiger partial charge >= 0.3 is 150 Å². The molecular formula is C18H36AsN3S. The first-order valence-corrected chi connectivity index (χ1v) is 15.6. The van der Waals surface area contributed by atoms with E-state index in [4.69, 9.17) is 10.4 Å². The number of hydrogen-bond donors (Lipinski definition) is 3. The Balaban J connectivity index is 1.61. The molecule has 3 fully saturated rings. The van der Waals surface area contributed by atoms with Crippen molar-refractivity contribution >= 4 is 22.9 Å². The van der Waals surface area contributed by atoms with E-state index >= 15 is 0 Å². The minimum atomic E-state index is -2.58. The second-order valence-corrected chi connectivity index (χ2v) is 15.0. The van der Waals surface area contributed by atoms with E-state index in [2.05, 4.69) is 12.7 Å². The Morgan fingerprint density at radius 2 is 0.739 bits per heavy atom.